The van der Waals surface area contributed by atoms with Crippen molar-refractivity contribution in [2.45, 2.75) is 25.8 Å². The zero-order chi connectivity index (χ0) is 25.5. The number of fused-ring (bicyclic) bond motifs is 1. The number of benzene rings is 1. The van der Waals surface area contributed by atoms with Crippen LogP contribution < -0.4 is 10.1 Å². The van der Waals surface area contributed by atoms with E-state index in [1.807, 2.05) is 58.9 Å². The normalized spacial score (nSPS) is 17.1. The second-order valence-corrected chi connectivity index (χ2v) is 9.57. The third-order valence-electron chi connectivity index (χ3n) is 7.20. The summed E-state index contributed by atoms with van der Waals surface area (Å²) in [5, 5.41) is 18.1. The largest absolute Gasteiger partial charge is 0.496 e. The van der Waals surface area contributed by atoms with Crippen LogP contribution in [0.25, 0.3) is 39.5 Å². The fourth-order valence-electron chi connectivity index (χ4n) is 5.16. The molecule has 0 bridgehead atoms. The topological polar surface area (TPSA) is 102 Å². The smallest absolute Gasteiger partial charge is 0.218 e. The van der Waals surface area contributed by atoms with Gasteiger partial charge in [-0.25, -0.2) is 14.5 Å². The van der Waals surface area contributed by atoms with Crippen molar-refractivity contribution < 1.29 is 9.84 Å². The van der Waals surface area contributed by atoms with Crippen molar-refractivity contribution >= 4 is 11.3 Å². The third-order valence-corrected chi connectivity index (χ3v) is 7.20. The monoisotopic (exact) mass is 495 g/mol. The van der Waals surface area contributed by atoms with Gasteiger partial charge in [0.25, 0.3) is 0 Å². The lowest BCUT2D eigenvalue weighted by Gasteiger charge is -2.35. The molecule has 0 aliphatic heterocycles. The van der Waals surface area contributed by atoms with Crippen molar-refractivity contribution in [1.82, 2.24) is 29.1 Å². The lowest BCUT2D eigenvalue weighted by Crippen LogP contribution is -2.37. The number of pyridine rings is 1. The zero-order valence-electron chi connectivity index (χ0n) is 21.1. The Morgan fingerprint density at radius 3 is 2.65 bits per heavy atom. The van der Waals surface area contributed by atoms with Gasteiger partial charge in [-0.2, -0.15) is 0 Å². The number of rotatable bonds is 7. The van der Waals surface area contributed by atoms with E-state index in [0.717, 1.165) is 57.9 Å². The lowest BCUT2D eigenvalue weighted by molar-refractivity contribution is 0.151. The summed E-state index contributed by atoms with van der Waals surface area (Å²) in [4.78, 5) is 14.2. The van der Waals surface area contributed by atoms with Crippen LogP contribution >= 0.6 is 0 Å². The van der Waals surface area contributed by atoms with Gasteiger partial charge < -0.3 is 19.7 Å². The first-order chi connectivity index (χ1) is 18.1. The van der Waals surface area contributed by atoms with Crippen molar-refractivity contribution in [2.24, 2.45) is 13.0 Å². The molecule has 0 atom stereocenters. The van der Waals surface area contributed by atoms with Crippen LogP contribution in [0.1, 0.15) is 18.4 Å². The SMILES string of the molecule is COc1cccc(-c2cn3nc(-c4nccn4C)nc(NC4CC(CO)C4)c3c2-c2ccccn2)c1C. The predicted octanol–water partition coefficient (Wildman–Crippen LogP) is 4.36. The van der Waals surface area contributed by atoms with Crippen LogP contribution in [-0.2, 0) is 7.05 Å². The first-order valence-electron chi connectivity index (χ1n) is 12.4. The molecule has 0 unspecified atom stereocenters. The fraction of sp³-hybridized carbons (Fsp3) is 0.286. The molecule has 9 heteroatoms. The van der Waals surface area contributed by atoms with Crippen LogP contribution in [0.5, 0.6) is 5.75 Å². The number of ether oxygens (including phenoxy) is 1. The molecular weight excluding hydrogens is 466 g/mol. The second kappa shape index (κ2) is 9.33. The minimum absolute atomic E-state index is 0.208. The van der Waals surface area contributed by atoms with E-state index in [0.29, 0.717) is 17.6 Å². The van der Waals surface area contributed by atoms with Gasteiger partial charge in [-0.15, -0.1) is 5.10 Å². The van der Waals surface area contributed by atoms with E-state index in [1.165, 1.54) is 0 Å². The van der Waals surface area contributed by atoms with Gasteiger partial charge in [0.2, 0.25) is 5.82 Å². The molecule has 188 valence electrons. The Bertz CT molecular complexity index is 1570. The maximum absolute atomic E-state index is 9.55. The molecule has 1 aliphatic carbocycles. The summed E-state index contributed by atoms with van der Waals surface area (Å²) in [6.45, 7) is 2.27. The molecule has 4 heterocycles. The van der Waals surface area contributed by atoms with Crippen molar-refractivity contribution in [1.29, 1.82) is 0 Å². The Balaban J connectivity index is 1.63. The quantitative estimate of drug-likeness (QED) is 0.346. The highest BCUT2D eigenvalue weighted by atomic mass is 16.5. The highest BCUT2D eigenvalue weighted by Gasteiger charge is 2.31. The van der Waals surface area contributed by atoms with Crippen LogP contribution in [0.2, 0.25) is 0 Å². The fourth-order valence-corrected chi connectivity index (χ4v) is 5.16. The molecule has 0 spiro atoms. The number of anilines is 1. The minimum Gasteiger partial charge on any atom is -0.496 e. The van der Waals surface area contributed by atoms with E-state index in [2.05, 4.69) is 23.3 Å². The van der Waals surface area contributed by atoms with Crippen LogP contribution in [0.3, 0.4) is 0 Å². The van der Waals surface area contributed by atoms with Crippen LogP contribution in [0, 0.1) is 12.8 Å². The van der Waals surface area contributed by atoms with Crippen molar-refractivity contribution in [3.05, 3.63) is 66.7 Å². The number of hydrogen-bond acceptors (Lipinski definition) is 7. The minimum atomic E-state index is 0.208. The van der Waals surface area contributed by atoms with E-state index in [1.54, 1.807) is 19.5 Å². The number of imidazole rings is 1. The molecule has 1 aliphatic rings. The lowest BCUT2D eigenvalue weighted by atomic mass is 9.81. The summed E-state index contributed by atoms with van der Waals surface area (Å²) in [5.41, 5.74) is 5.70. The van der Waals surface area contributed by atoms with Crippen molar-refractivity contribution in [3.63, 3.8) is 0 Å². The molecule has 0 radical (unpaired) electrons. The van der Waals surface area contributed by atoms with Gasteiger partial charge in [0.1, 0.15) is 11.3 Å². The first-order valence-corrected chi connectivity index (χ1v) is 12.4. The third kappa shape index (κ3) is 4.01. The van der Waals surface area contributed by atoms with E-state index in [9.17, 15) is 5.11 Å². The Labute approximate surface area is 214 Å². The number of aromatic nitrogens is 6. The predicted molar refractivity (Wildman–Crippen MR) is 142 cm³/mol. The van der Waals surface area contributed by atoms with Gasteiger partial charge in [-0.1, -0.05) is 18.2 Å². The Morgan fingerprint density at radius 1 is 1.08 bits per heavy atom. The zero-order valence-corrected chi connectivity index (χ0v) is 21.1. The van der Waals surface area contributed by atoms with E-state index >= 15 is 0 Å². The number of aliphatic hydroxyl groups excluding tert-OH is 1. The molecule has 9 nitrogen and oxygen atoms in total. The van der Waals surface area contributed by atoms with Gasteiger partial charge in [-0.05, 0) is 55.0 Å². The highest BCUT2D eigenvalue weighted by molar-refractivity contribution is 5.99. The second-order valence-electron chi connectivity index (χ2n) is 9.57. The molecule has 1 fully saturated rings. The number of hydrogen-bond donors (Lipinski definition) is 2. The van der Waals surface area contributed by atoms with Crippen LogP contribution in [0.15, 0.2) is 61.2 Å². The Morgan fingerprint density at radius 2 is 1.95 bits per heavy atom. The molecule has 37 heavy (non-hydrogen) atoms. The summed E-state index contributed by atoms with van der Waals surface area (Å²) in [6.07, 6.45) is 9.26. The number of nitrogens with one attached hydrogen (secondary N) is 1. The summed E-state index contributed by atoms with van der Waals surface area (Å²) < 4.78 is 9.43. The number of aliphatic hydroxyl groups is 1. The van der Waals surface area contributed by atoms with Gasteiger partial charge in [-0.3, -0.25) is 4.98 Å². The van der Waals surface area contributed by atoms with Crippen molar-refractivity contribution in [3.8, 4) is 39.8 Å². The Kier molecular flexibility index (Phi) is 5.84. The maximum atomic E-state index is 9.55. The summed E-state index contributed by atoms with van der Waals surface area (Å²) >= 11 is 0. The first kappa shape index (κ1) is 23.2. The number of aryl methyl sites for hydroxylation is 1. The molecule has 2 N–H and O–H groups in total. The van der Waals surface area contributed by atoms with Gasteiger partial charge >= 0.3 is 0 Å². The van der Waals surface area contributed by atoms with E-state index in [-0.39, 0.29) is 12.6 Å². The molecule has 0 saturated heterocycles. The van der Waals surface area contributed by atoms with Gasteiger partial charge in [0.15, 0.2) is 11.6 Å². The maximum Gasteiger partial charge on any atom is 0.218 e. The van der Waals surface area contributed by atoms with Gasteiger partial charge in [0, 0.05) is 55.6 Å². The summed E-state index contributed by atoms with van der Waals surface area (Å²) in [6, 6.07) is 12.2. The molecule has 5 aromatic rings. The van der Waals surface area contributed by atoms with E-state index in [4.69, 9.17) is 19.8 Å². The van der Waals surface area contributed by atoms with E-state index < -0.39 is 0 Å². The average molecular weight is 496 g/mol. The summed E-state index contributed by atoms with van der Waals surface area (Å²) in [5.74, 6) is 3.07. The molecule has 4 aromatic heterocycles. The van der Waals surface area contributed by atoms with Crippen LogP contribution in [0.4, 0.5) is 5.82 Å². The van der Waals surface area contributed by atoms with Gasteiger partial charge in [0.05, 0.1) is 12.8 Å². The Hall–Kier alpha value is -4.24. The molecular formula is C28H29N7O2. The van der Waals surface area contributed by atoms with Crippen molar-refractivity contribution in [2.75, 3.05) is 19.0 Å². The average Bonchev–Trinajstić information content (AvgIpc) is 3.50. The number of methoxy groups -OCH3 is 1. The molecule has 6 rings (SSSR count). The highest BCUT2D eigenvalue weighted by Crippen LogP contribution is 2.42. The molecule has 0 amide bonds. The molecule has 1 aromatic carbocycles. The summed E-state index contributed by atoms with van der Waals surface area (Å²) in [7, 11) is 3.62. The number of nitrogens with zero attached hydrogens (tertiary/aromatic N) is 6. The molecule has 1 saturated carbocycles. The van der Waals surface area contributed by atoms with Crippen LogP contribution in [-0.4, -0.2) is 54.0 Å². The standard InChI is InChI=1S/C28H29N7O2/c1-17-20(7-6-9-23(17)37-3)21-15-35-25(24(21)22-8-4-5-10-29-22)26(31-19-13-18(14-19)16-36)32-27(33-35)28-30-11-12-34(28)2/h4-12,15,18-19,36H,13-14,16H2,1-3H3,(H,31,32,33).